The first-order valence-corrected chi connectivity index (χ1v) is 8.03. The van der Waals surface area contributed by atoms with Gasteiger partial charge in [0.2, 0.25) is 18.6 Å². The topological polar surface area (TPSA) is 76.7 Å². The van der Waals surface area contributed by atoms with Gasteiger partial charge in [0.25, 0.3) is 0 Å². The summed E-state index contributed by atoms with van der Waals surface area (Å²) in [6, 6.07) is 11.9. The molecule has 2 aromatic rings. The lowest BCUT2D eigenvalue weighted by Crippen LogP contribution is -2.41. The van der Waals surface area contributed by atoms with E-state index in [2.05, 4.69) is 10.6 Å². The van der Waals surface area contributed by atoms with Gasteiger partial charge in [-0.3, -0.25) is 9.59 Å². The Bertz CT molecular complexity index is 836. The van der Waals surface area contributed by atoms with E-state index in [-0.39, 0.29) is 6.79 Å². The Kier molecular flexibility index (Phi) is 4.55. The van der Waals surface area contributed by atoms with E-state index in [9.17, 15) is 9.59 Å². The van der Waals surface area contributed by atoms with Gasteiger partial charge in [-0.05, 0) is 38.1 Å². The molecule has 0 atom stereocenters. The molecule has 0 bridgehead atoms. The smallest absolute Gasteiger partial charge is 0.239 e. The van der Waals surface area contributed by atoms with Crippen LogP contribution in [-0.4, -0.2) is 18.6 Å². The van der Waals surface area contributed by atoms with Crippen LogP contribution < -0.4 is 20.1 Å². The van der Waals surface area contributed by atoms with Crippen molar-refractivity contribution in [2.24, 2.45) is 5.41 Å². The number of carbonyl (C=O) groups excluding carboxylic acids is 2. The number of hydrogen-bond acceptors (Lipinski definition) is 4. The summed E-state index contributed by atoms with van der Waals surface area (Å²) < 4.78 is 10.5. The standard InChI is InChI=1S/C18H17ClN2O4/c1-18(2,17(23)21-13-6-4-3-5-12(13)19)16(22)20-11-7-8-14-15(9-11)25-10-24-14/h3-9H,10H2,1-2H3,(H,20,22)(H,21,23). The minimum absolute atomic E-state index is 0.151. The zero-order valence-corrected chi connectivity index (χ0v) is 14.5. The van der Waals surface area contributed by atoms with Gasteiger partial charge in [-0.1, -0.05) is 23.7 Å². The molecular weight excluding hydrogens is 344 g/mol. The predicted octanol–water partition coefficient (Wildman–Crippen LogP) is 3.67. The third kappa shape index (κ3) is 3.53. The molecule has 0 aromatic heterocycles. The van der Waals surface area contributed by atoms with Crippen molar-refractivity contribution in [2.75, 3.05) is 17.4 Å². The zero-order valence-electron chi connectivity index (χ0n) is 13.8. The van der Waals surface area contributed by atoms with Crippen molar-refractivity contribution in [1.82, 2.24) is 0 Å². The van der Waals surface area contributed by atoms with Crippen LogP contribution in [0.15, 0.2) is 42.5 Å². The third-order valence-electron chi connectivity index (χ3n) is 3.89. The van der Waals surface area contributed by atoms with Gasteiger partial charge in [0.1, 0.15) is 5.41 Å². The maximum atomic E-state index is 12.6. The van der Waals surface area contributed by atoms with Gasteiger partial charge in [-0.15, -0.1) is 0 Å². The zero-order chi connectivity index (χ0) is 18.0. The molecule has 7 heteroatoms. The van der Waals surface area contributed by atoms with E-state index >= 15 is 0 Å². The molecule has 130 valence electrons. The first-order valence-electron chi connectivity index (χ1n) is 7.65. The first kappa shape index (κ1) is 17.1. The highest BCUT2D eigenvalue weighted by Gasteiger charge is 2.36. The Labute approximate surface area is 150 Å². The van der Waals surface area contributed by atoms with E-state index in [0.29, 0.717) is 27.9 Å². The van der Waals surface area contributed by atoms with Crippen molar-refractivity contribution in [3.05, 3.63) is 47.5 Å². The highest BCUT2D eigenvalue weighted by atomic mass is 35.5. The van der Waals surface area contributed by atoms with Crippen LogP contribution in [0.5, 0.6) is 11.5 Å². The van der Waals surface area contributed by atoms with Crippen molar-refractivity contribution in [3.8, 4) is 11.5 Å². The highest BCUT2D eigenvalue weighted by Crippen LogP contribution is 2.34. The van der Waals surface area contributed by atoms with Crippen LogP contribution in [0, 0.1) is 5.41 Å². The van der Waals surface area contributed by atoms with Crippen LogP contribution >= 0.6 is 11.6 Å². The molecule has 2 amide bonds. The van der Waals surface area contributed by atoms with Gasteiger partial charge in [0.15, 0.2) is 11.5 Å². The Morgan fingerprint density at radius 2 is 1.68 bits per heavy atom. The fourth-order valence-electron chi connectivity index (χ4n) is 2.21. The van der Waals surface area contributed by atoms with E-state index in [1.165, 1.54) is 0 Å². The molecule has 0 fully saturated rings. The molecular formula is C18H17ClN2O4. The molecule has 1 aliphatic heterocycles. The molecule has 0 unspecified atom stereocenters. The number of carbonyl (C=O) groups is 2. The minimum atomic E-state index is -1.31. The summed E-state index contributed by atoms with van der Waals surface area (Å²) in [7, 11) is 0. The largest absolute Gasteiger partial charge is 0.454 e. The molecule has 6 nitrogen and oxygen atoms in total. The van der Waals surface area contributed by atoms with Crippen LogP contribution in [0.1, 0.15) is 13.8 Å². The molecule has 0 aliphatic carbocycles. The molecule has 0 spiro atoms. The summed E-state index contributed by atoms with van der Waals surface area (Å²) in [5, 5.41) is 5.81. The predicted molar refractivity (Wildman–Crippen MR) is 95.1 cm³/mol. The first-order chi connectivity index (χ1) is 11.9. The monoisotopic (exact) mass is 360 g/mol. The fraction of sp³-hybridized carbons (Fsp3) is 0.222. The molecule has 0 radical (unpaired) electrons. The van der Waals surface area contributed by atoms with E-state index in [1.807, 2.05) is 0 Å². The number of para-hydroxylation sites is 1. The van der Waals surface area contributed by atoms with Crippen LogP contribution in [-0.2, 0) is 9.59 Å². The molecule has 2 N–H and O–H groups in total. The van der Waals surface area contributed by atoms with E-state index in [4.69, 9.17) is 21.1 Å². The lowest BCUT2D eigenvalue weighted by Gasteiger charge is -2.23. The lowest BCUT2D eigenvalue weighted by atomic mass is 9.90. The van der Waals surface area contributed by atoms with Gasteiger partial charge >= 0.3 is 0 Å². The number of amides is 2. The maximum Gasteiger partial charge on any atom is 0.239 e. The number of ether oxygens (including phenoxy) is 2. The SMILES string of the molecule is CC(C)(C(=O)Nc1ccc2c(c1)OCO2)C(=O)Nc1ccccc1Cl. The van der Waals surface area contributed by atoms with E-state index < -0.39 is 17.2 Å². The summed E-state index contributed by atoms with van der Waals surface area (Å²) in [5.41, 5.74) is -0.332. The van der Waals surface area contributed by atoms with Crippen LogP contribution in [0.4, 0.5) is 11.4 Å². The normalized spacial score (nSPS) is 12.6. The molecule has 0 saturated heterocycles. The van der Waals surface area contributed by atoms with Crippen molar-refractivity contribution in [2.45, 2.75) is 13.8 Å². The van der Waals surface area contributed by atoms with E-state index in [0.717, 1.165) is 0 Å². The number of anilines is 2. The summed E-state index contributed by atoms with van der Waals surface area (Å²) in [5.74, 6) is 0.264. The number of halogens is 1. The Hall–Kier alpha value is -2.73. The van der Waals surface area contributed by atoms with Crippen LogP contribution in [0.3, 0.4) is 0 Å². The van der Waals surface area contributed by atoms with E-state index in [1.54, 1.807) is 56.3 Å². The number of hydrogen-bond donors (Lipinski definition) is 2. The fourth-order valence-corrected chi connectivity index (χ4v) is 2.39. The number of rotatable bonds is 4. The van der Waals surface area contributed by atoms with Gasteiger partial charge in [0, 0.05) is 11.8 Å². The molecule has 1 aliphatic rings. The molecule has 0 saturated carbocycles. The van der Waals surface area contributed by atoms with Crippen LogP contribution in [0.2, 0.25) is 5.02 Å². The van der Waals surface area contributed by atoms with Gasteiger partial charge in [-0.25, -0.2) is 0 Å². The maximum absolute atomic E-state index is 12.6. The van der Waals surface area contributed by atoms with Gasteiger partial charge in [-0.2, -0.15) is 0 Å². The number of nitrogens with one attached hydrogen (secondary N) is 2. The second-order valence-electron chi connectivity index (χ2n) is 6.08. The average Bonchev–Trinajstić information content (AvgIpc) is 3.04. The van der Waals surface area contributed by atoms with Crippen LogP contribution in [0.25, 0.3) is 0 Å². The Morgan fingerprint density at radius 1 is 1.00 bits per heavy atom. The molecule has 1 heterocycles. The summed E-state index contributed by atoms with van der Waals surface area (Å²) >= 11 is 6.04. The second kappa shape index (κ2) is 6.64. The van der Waals surface area contributed by atoms with Gasteiger partial charge < -0.3 is 20.1 Å². The van der Waals surface area contributed by atoms with Crippen molar-refractivity contribution in [3.63, 3.8) is 0 Å². The average molecular weight is 361 g/mol. The molecule has 2 aromatic carbocycles. The number of fused-ring (bicyclic) bond motifs is 1. The molecule has 3 rings (SSSR count). The van der Waals surface area contributed by atoms with Crippen molar-refractivity contribution in [1.29, 1.82) is 0 Å². The molecule has 25 heavy (non-hydrogen) atoms. The van der Waals surface area contributed by atoms with Gasteiger partial charge in [0.05, 0.1) is 10.7 Å². The Morgan fingerprint density at radius 3 is 2.44 bits per heavy atom. The number of benzene rings is 2. The highest BCUT2D eigenvalue weighted by molar-refractivity contribution is 6.34. The lowest BCUT2D eigenvalue weighted by molar-refractivity contribution is -0.135. The second-order valence-corrected chi connectivity index (χ2v) is 6.49. The summed E-state index contributed by atoms with van der Waals surface area (Å²) in [6.45, 7) is 3.24. The third-order valence-corrected chi connectivity index (χ3v) is 4.22. The van der Waals surface area contributed by atoms with Crippen molar-refractivity contribution >= 4 is 34.8 Å². The summed E-state index contributed by atoms with van der Waals surface area (Å²) in [6.07, 6.45) is 0. The summed E-state index contributed by atoms with van der Waals surface area (Å²) in [4.78, 5) is 25.1. The Balaban J connectivity index is 1.71. The van der Waals surface area contributed by atoms with Crippen molar-refractivity contribution < 1.29 is 19.1 Å². The minimum Gasteiger partial charge on any atom is -0.454 e. The quantitative estimate of drug-likeness (QED) is 0.815.